The van der Waals surface area contributed by atoms with Crippen molar-refractivity contribution >= 4 is 28.7 Å². The molecule has 2 N–H and O–H groups in total. The van der Waals surface area contributed by atoms with E-state index >= 15 is 0 Å². The van der Waals surface area contributed by atoms with Gasteiger partial charge in [0.25, 0.3) is 5.91 Å². The standard InChI is InChI=1S/C16H19N3O5/c1-16(2,3)24-12(20)8-19-11-6-5-9(15(22)23-4)7-10(11)13(18-19)14(17)21/h5-7H,8H2,1-4H3,(H2,17,21). The van der Waals surface area contributed by atoms with Gasteiger partial charge in [0.2, 0.25) is 0 Å². The number of carbonyl (C=O) groups excluding carboxylic acids is 3. The summed E-state index contributed by atoms with van der Waals surface area (Å²) in [7, 11) is 1.26. The van der Waals surface area contributed by atoms with E-state index in [1.165, 1.54) is 23.9 Å². The SMILES string of the molecule is COC(=O)c1ccc2c(c1)c(C(N)=O)nn2CC(=O)OC(C)(C)C. The Morgan fingerprint density at radius 2 is 1.92 bits per heavy atom. The van der Waals surface area contributed by atoms with Crippen molar-refractivity contribution in [2.24, 2.45) is 5.73 Å². The third-order valence-electron chi connectivity index (χ3n) is 3.10. The van der Waals surface area contributed by atoms with Gasteiger partial charge in [0, 0.05) is 5.39 Å². The lowest BCUT2D eigenvalue weighted by molar-refractivity contribution is -0.155. The lowest BCUT2D eigenvalue weighted by Crippen LogP contribution is -2.27. The first-order chi connectivity index (χ1) is 11.1. The van der Waals surface area contributed by atoms with Gasteiger partial charge in [0.1, 0.15) is 12.1 Å². The molecule has 8 heteroatoms. The average Bonchev–Trinajstić information content (AvgIpc) is 2.82. The largest absolute Gasteiger partial charge is 0.465 e. The van der Waals surface area contributed by atoms with E-state index in [0.29, 0.717) is 10.9 Å². The van der Waals surface area contributed by atoms with E-state index in [2.05, 4.69) is 9.84 Å². The van der Waals surface area contributed by atoms with E-state index < -0.39 is 23.4 Å². The van der Waals surface area contributed by atoms with Crippen LogP contribution in [0.2, 0.25) is 0 Å². The minimum Gasteiger partial charge on any atom is -0.465 e. The van der Waals surface area contributed by atoms with Gasteiger partial charge in [-0.25, -0.2) is 4.79 Å². The summed E-state index contributed by atoms with van der Waals surface area (Å²) in [4.78, 5) is 35.2. The van der Waals surface area contributed by atoms with Crippen molar-refractivity contribution in [2.75, 3.05) is 7.11 Å². The number of methoxy groups -OCH3 is 1. The fourth-order valence-corrected chi connectivity index (χ4v) is 2.22. The summed E-state index contributed by atoms with van der Waals surface area (Å²) in [5.74, 6) is -1.81. The molecule has 0 spiro atoms. The molecule has 1 aromatic carbocycles. The van der Waals surface area contributed by atoms with Crippen molar-refractivity contribution in [3.63, 3.8) is 0 Å². The van der Waals surface area contributed by atoms with E-state index in [9.17, 15) is 14.4 Å². The predicted octanol–water partition coefficient (Wildman–Crippen LogP) is 1.26. The maximum Gasteiger partial charge on any atom is 0.337 e. The van der Waals surface area contributed by atoms with Crippen molar-refractivity contribution in [3.05, 3.63) is 29.5 Å². The zero-order valence-corrected chi connectivity index (χ0v) is 14.0. The number of hydrogen-bond donors (Lipinski definition) is 1. The van der Waals surface area contributed by atoms with Gasteiger partial charge in [-0.15, -0.1) is 0 Å². The molecule has 2 aromatic rings. The molecule has 0 saturated heterocycles. The van der Waals surface area contributed by atoms with Crippen LogP contribution in [0.25, 0.3) is 10.9 Å². The first-order valence-corrected chi connectivity index (χ1v) is 7.23. The zero-order valence-electron chi connectivity index (χ0n) is 14.0. The molecule has 0 bridgehead atoms. The Kier molecular flexibility index (Phi) is 4.59. The normalized spacial score (nSPS) is 11.3. The summed E-state index contributed by atoms with van der Waals surface area (Å²) >= 11 is 0. The average molecular weight is 333 g/mol. The van der Waals surface area contributed by atoms with Crippen LogP contribution in [0.15, 0.2) is 18.2 Å². The molecule has 0 radical (unpaired) electrons. The van der Waals surface area contributed by atoms with Crippen LogP contribution in [0, 0.1) is 0 Å². The minimum absolute atomic E-state index is 0.0284. The third-order valence-corrected chi connectivity index (χ3v) is 3.10. The highest BCUT2D eigenvalue weighted by atomic mass is 16.6. The smallest absolute Gasteiger partial charge is 0.337 e. The van der Waals surface area contributed by atoms with E-state index in [1.807, 2.05) is 0 Å². The molecule has 128 valence electrons. The van der Waals surface area contributed by atoms with E-state index in [-0.39, 0.29) is 17.8 Å². The number of amides is 1. The van der Waals surface area contributed by atoms with Gasteiger partial charge < -0.3 is 15.2 Å². The van der Waals surface area contributed by atoms with E-state index in [4.69, 9.17) is 10.5 Å². The number of ether oxygens (including phenoxy) is 2. The number of benzene rings is 1. The number of aromatic nitrogens is 2. The topological polar surface area (TPSA) is 114 Å². The van der Waals surface area contributed by atoms with Crippen molar-refractivity contribution in [1.29, 1.82) is 0 Å². The Bertz CT molecular complexity index is 817. The number of nitrogens with zero attached hydrogens (tertiary/aromatic N) is 2. The molecule has 0 unspecified atom stereocenters. The first-order valence-electron chi connectivity index (χ1n) is 7.23. The van der Waals surface area contributed by atoms with Crippen molar-refractivity contribution in [1.82, 2.24) is 9.78 Å². The number of rotatable bonds is 4. The lowest BCUT2D eigenvalue weighted by atomic mass is 10.1. The molecule has 0 atom stereocenters. The molecule has 1 amide bonds. The molecule has 1 aromatic heterocycles. The van der Waals surface area contributed by atoms with Crippen molar-refractivity contribution in [2.45, 2.75) is 32.9 Å². The van der Waals surface area contributed by atoms with Crippen molar-refractivity contribution in [3.8, 4) is 0 Å². The number of hydrogen-bond acceptors (Lipinski definition) is 6. The quantitative estimate of drug-likeness (QED) is 0.843. The molecule has 1 heterocycles. The van der Waals surface area contributed by atoms with Crippen LogP contribution in [0.1, 0.15) is 41.6 Å². The minimum atomic E-state index is -0.759. The summed E-state index contributed by atoms with van der Waals surface area (Å²) < 4.78 is 11.2. The molecular weight excluding hydrogens is 314 g/mol. The van der Waals surface area contributed by atoms with Gasteiger partial charge in [-0.2, -0.15) is 5.10 Å². The van der Waals surface area contributed by atoms with E-state index in [0.717, 1.165) is 0 Å². The zero-order chi connectivity index (χ0) is 18.1. The molecule has 24 heavy (non-hydrogen) atoms. The molecule has 0 fully saturated rings. The summed E-state index contributed by atoms with van der Waals surface area (Å²) in [6, 6.07) is 4.55. The van der Waals surface area contributed by atoms with Gasteiger partial charge in [-0.05, 0) is 39.0 Å². The summed E-state index contributed by atoms with van der Waals surface area (Å²) in [5, 5.41) is 4.44. The molecule has 0 aliphatic carbocycles. The first kappa shape index (κ1) is 17.5. The Hall–Kier alpha value is -2.90. The van der Waals surface area contributed by atoms with Gasteiger partial charge >= 0.3 is 11.9 Å². The third kappa shape index (κ3) is 3.70. The molecule has 2 rings (SSSR count). The Labute approximate surface area is 138 Å². The number of primary amides is 1. The number of esters is 2. The van der Waals surface area contributed by atoms with Crippen LogP contribution in [0.5, 0.6) is 0 Å². The van der Waals surface area contributed by atoms with Gasteiger partial charge in [0.05, 0.1) is 18.2 Å². The van der Waals surface area contributed by atoms with Crippen LogP contribution < -0.4 is 5.73 Å². The summed E-state index contributed by atoms with van der Waals surface area (Å²) in [6.45, 7) is 5.08. The second kappa shape index (κ2) is 6.31. The van der Waals surface area contributed by atoms with E-state index in [1.54, 1.807) is 26.8 Å². The fraction of sp³-hybridized carbons (Fsp3) is 0.375. The van der Waals surface area contributed by atoms with Crippen LogP contribution >= 0.6 is 0 Å². The number of fused-ring (bicyclic) bond motifs is 1. The van der Waals surface area contributed by atoms with Gasteiger partial charge in [-0.3, -0.25) is 14.3 Å². The molecule has 0 aliphatic rings. The molecule has 8 nitrogen and oxygen atoms in total. The van der Waals surface area contributed by atoms with Gasteiger partial charge in [0.15, 0.2) is 5.69 Å². The van der Waals surface area contributed by atoms with Crippen LogP contribution in [-0.2, 0) is 20.8 Å². The highest BCUT2D eigenvalue weighted by molar-refractivity contribution is 6.06. The van der Waals surface area contributed by atoms with Crippen LogP contribution in [0.3, 0.4) is 0 Å². The Morgan fingerprint density at radius 3 is 2.46 bits per heavy atom. The van der Waals surface area contributed by atoms with Crippen LogP contribution in [-0.4, -0.2) is 40.3 Å². The maximum atomic E-state index is 12.0. The molecule has 0 aliphatic heterocycles. The van der Waals surface area contributed by atoms with Crippen molar-refractivity contribution < 1.29 is 23.9 Å². The highest BCUT2D eigenvalue weighted by Gasteiger charge is 2.21. The summed E-state index contributed by atoms with van der Waals surface area (Å²) in [6.07, 6.45) is 0. The molecule has 0 saturated carbocycles. The maximum absolute atomic E-state index is 12.0. The highest BCUT2D eigenvalue weighted by Crippen LogP contribution is 2.21. The second-order valence-electron chi connectivity index (χ2n) is 6.18. The molecular formula is C16H19N3O5. The number of carbonyl (C=O) groups is 3. The fourth-order valence-electron chi connectivity index (χ4n) is 2.22. The Morgan fingerprint density at radius 1 is 1.25 bits per heavy atom. The second-order valence-corrected chi connectivity index (χ2v) is 6.18. The van der Waals surface area contributed by atoms with Gasteiger partial charge in [-0.1, -0.05) is 0 Å². The lowest BCUT2D eigenvalue weighted by Gasteiger charge is -2.19. The summed E-state index contributed by atoms with van der Waals surface area (Å²) in [5.41, 5.74) is 5.42. The number of nitrogens with two attached hydrogens (primary N) is 1. The monoisotopic (exact) mass is 333 g/mol. The predicted molar refractivity (Wildman–Crippen MR) is 85.4 cm³/mol. The Balaban J connectivity index is 2.46. The van der Waals surface area contributed by atoms with Crippen LogP contribution in [0.4, 0.5) is 0 Å².